The number of nitrogens with zero attached hydrogens (tertiary/aromatic N) is 3. The minimum Gasteiger partial charge on any atom is -0.475 e. The van der Waals surface area contributed by atoms with E-state index in [9.17, 15) is 0 Å². The van der Waals surface area contributed by atoms with Gasteiger partial charge in [0.25, 0.3) is 0 Å². The van der Waals surface area contributed by atoms with E-state index in [0.29, 0.717) is 12.5 Å². The van der Waals surface area contributed by atoms with Crippen LogP contribution < -0.4 is 10.6 Å². The third kappa shape index (κ3) is 2.93. The molecule has 106 valence electrons. The van der Waals surface area contributed by atoms with Gasteiger partial charge in [0.2, 0.25) is 5.88 Å². The molecule has 0 saturated carbocycles. The molecule has 1 saturated heterocycles. The van der Waals surface area contributed by atoms with Crippen molar-refractivity contribution in [3.8, 4) is 17.1 Å². The van der Waals surface area contributed by atoms with E-state index in [2.05, 4.69) is 10.00 Å². The first kappa shape index (κ1) is 13.0. The van der Waals surface area contributed by atoms with Gasteiger partial charge in [-0.05, 0) is 25.9 Å². The van der Waals surface area contributed by atoms with Crippen molar-refractivity contribution in [3.05, 3.63) is 36.4 Å². The average Bonchev–Trinajstić information content (AvgIpc) is 3.11. The second-order valence-corrected chi connectivity index (χ2v) is 5.08. The van der Waals surface area contributed by atoms with Gasteiger partial charge in [-0.3, -0.25) is 4.90 Å². The summed E-state index contributed by atoms with van der Waals surface area (Å²) in [5.74, 6) is 6.45. The van der Waals surface area contributed by atoms with E-state index < -0.39 is 0 Å². The zero-order chi connectivity index (χ0) is 13.8. The third-order valence-electron chi connectivity index (χ3n) is 3.63. The van der Waals surface area contributed by atoms with Crippen LogP contribution in [0.4, 0.5) is 0 Å². The van der Waals surface area contributed by atoms with Crippen LogP contribution in [0.2, 0.25) is 0 Å². The number of benzene rings is 1. The molecule has 2 aromatic rings. The number of hydrogen-bond donors (Lipinski definition) is 1. The van der Waals surface area contributed by atoms with Gasteiger partial charge in [-0.1, -0.05) is 30.3 Å². The zero-order valence-corrected chi connectivity index (χ0v) is 11.5. The predicted molar refractivity (Wildman–Crippen MR) is 79.0 cm³/mol. The summed E-state index contributed by atoms with van der Waals surface area (Å²) in [5.41, 5.74) is 1.88. The molecule has 0 bridgehead atoms. The molecule has 0 unspecified atom stereocenters. The van der Waals surface area contributed by atoms with Crippen LogP contribution in [-0.2, 0) is 0 Å². The minimum atomic E-state index is 0.614. The summed E-state index contributed by atoms with van der Waals surface area (Å²) in [6.45, 7) is 3.96. The summed E-state index contributed by atoms with van der Waals surface area (Å²) in [6.07, 6.45) is 2.60. The van der Waals surface area contributed by atoms with Crippen molar-refractivity contribution in [2.24, 2.45) is 0 Å². The van der Waals surface area contributed by atoms with Crippen molar-refractivity contribution >= 4 is 0 Å². The molecule has 3 rings (SSSR count). The van der Waals surface area contributed by atoms with E-state index in [1.165, 1.54) is 30.7 Å². The first-order valence-corrected chi connectivity index (χ1v) is 7.08. The molecular formula is C15H20N4O. The van der Waals surface area contributed by atoms with Crippen molar-refractivity contribution in [2.45, 2.75) is 12.8 Å². The van der Waals surface area contributed by atoms with Crippen molar-refractivity contribution in [3.63, 3.8) is 0 Å². The van der Waals surface area contributed by atoms with Gasteiger partial charge >= 0.3 is 0 Å². The normalized spacial score (nSPS) is 15.6. The van der Waals surface area contributed by atoms with Gasteiger partial charge in [-0.25, -0.2) is 0 Å². The molecule has 20 heavy (non-hydrogen) atoms. The summed E-state index contributed by atoms with van der Waals surface area (Å²) in [4.78, 5) is 3.72. The monoisotopic (exact) mass is 272 g/mol. The summed E-state index contributed by atoms with van der Waals surface area (Å²) < 4.78 is 5.73. The molecule has 0 radical (unpaired) electrons. The Hall–Kier alpha value is -2.01. The highest BCUT2D eigenvalue weighted by atomic mass is 16.5. The van der Waals surface area contributed by atoms with Gasteiger partial charge in [0.1, 0.15) is 6.61 Å². The standard InChI is InChI=1S/C15H20N4O/c16-19-15(20-11-10-18-8-4-5-9-18)12-14(17-19)13-6-2-1-3-7-13/h1-3,6-7,12H,4-5,8-11,16H2. The molecule has 1 aliphatic heterocycles. The lowest BCUT2D eigenvalue weighted by molar-refractivity contribution is 0.226. The number of hydrogen-bond acceptors (Lipinski definition) is 4. The van der Waals surface area contributed by atoms with Crippen molar-refractivity contribution in [2.75, 3.05) is 32.1 Å². The number of rotatable bonds is 5. The van der Waals surface area contributed by atoms with Crippen molar-refractivity contribution < 1.29 is 4.74 Å². The van der Waals surface area contributed by atoms with Crippen LogP contribution in [0.1, 0.15) is 12.8 Å². The van der Waals surface area contributed by atoms with Gasteiger partial charge in [-0.15, -0.1) is 9.89 Å². The number of nitrogens with two attached hydrogens (primary N) is 1. The highest BCUT2D eigenvalue weighted by molar-refractivity contribution is 5.59. The molecule has 5 heteroatoms. The molecule has 1 aromatic carbocycles. The Kier molecular flexibility index (Phi) is 3.87. The Morgan fingerprint density at radius 2 is 1.90 bits per heavy atom. The maximum Gasteiger partial charge on any atom is 0.232 e. The first-order chi connectivity index (χ1) is 9.83. The van der Waals surface area contributed by atoms with Crippen molar-refractivity contribution in [1.29, 1.82) is 0 Å². The largest absolute Gasteiger partial charge is 0.475 e. The Morgan fingerprint density at radius 3 is 2.65 bits per heavy atom. The lowest BCUT2D eigenvalue weighted by Gasteiger charge is -2.14. The van der Waals surface area contributed by atoms with E-state index >= 15 is 0 Å². The van der Waals surface area contributed by atoms with Crippen LogP contribution in [0.3, 0.4) is 0 Å². The summed E-state index contributed by atoms with van der Waals surface area (Å²) >= 11 is 0. The fourth-order valence-corrected chi connectivity index (χ4v) is 2.52. The number of nitrogen functional groups attached to an aromatic ring is 1. The lowest BCUT2D eigenvalue weighted by atomic mass is 10.2. The summed E-state index contributed by atoms with van der Waals surface area (Å²) in [5, 5.41) is 4.29. The van der Waals surface area contributed by atoms with Crippen LogP contribution in [0.15, 0.2) is 36.4 Å². The minimum absolute atomic E-state index is 0.614. The second kappa shape index (κ2) is 5.96. The Bertz CT molecular complexity index is 546. The molecule has 0 aliphatic carbocycles. The zero-order valence-electron chi connectivity index (χ0n) is 11.5. The van der Waals surface area contributed by atoms with Gasteiger partial charge in [0.15, 0.2) is 0 Å². The summed E-state index contributed by atoms with van der Waals surface area (Å²) in [6, 6.07) is 11.9. The van der Waals surface area contributed by atoms with Crippen molar-refractivity contribution in [1.82, 2.24) is 14.8 Å². The van der Waals surface area contributed by atoms with E-state index in [-0.39, 0.29) is 0 Å². The van der Waals surface area contributed by atoms with Crippen LogP contribution in [0, 0.1) is 0 Å². The fourth-order valence-electron chi connectivity index (χ4n) is 2.52. The fraction of sp³-hybridized carbons (Fsp3) is 0.400. The molecule has 2 heterocycles. The molecule has 2 N–H and O–H groups in total. The van der Waals surface area contributed by atoms with E-state index in [1.54, 1.807) is 0 Å². The second-order valence-electron chi connectivity index (χ2n) is 5.08. The smallest absolute Gasteiger partial charge is 0.232 e. The van der Waals surface area contributed by atoms with Crippen LogP contribution in [-0.4, -0.2) is 41.0 Å². The van der Waals surface area contributed by atoms with Gasteiger partial charge < -0.3 is 10.6 Å². The summed E-state index contributed by atoms with van der Waals surface area (Å²) in [7, 11) is 0. The van der Waals surface area contributed by atoms with Gasteiger partial charge in [-0.2, -0.15) is 0 Å². The van der Waals surface area contributed by atoms with Crippen LogP contribution in [0.5, 0.6) is 5.88 Å². The highest BCUT2D eigenvalue weighted by Crippen LogP contribution is 2.21. The maximum absolute atomic E-state index is 5.84. The Balaban J connectivity index is 1.61. The topological polar surface area (TPSA) is 56.3 Å². The van der Waals surface area contributed by atoms with Crippen LogP contribution in [0.25, 0.3) is 11.3 Å². The number of aromatic nitrogens is 2. The van der Waals surface area contributed by atoms with E-state index in [4.69, 9.17) is 10.6 Å². The molecule has 0 spiro atoms. The molecule has 0 atom stereocenters. The third-order valence-corrected chi connectivity index (χ3v) is 3.63. The predicted octanol–water partition coefficient (Wildman–Crippen LogP) is 1.74. The lowest BCUT2D eigenvalue weighted by Crippen LogP contribution is -2.26. The molecular weight excluding hydrogens is 252 g/mol. The van der Waals surface area contributed by atoms with Crippen LogP contribution >= 0.6 is 0 Å². The quantitative estimate of drug-likeness (QED) is 0.842. The molecule has 1 fully saturated rings. The first-order valence-electron chi connectivity index (χ1n) is 7.08. The number of likely N-dealkylation sites (tertiary alicyclic amines) is 1. The number of ether oxygens (including phenoxy) is 1. The van der Waals surface area contributed by atoms with Gasteiger partial charge in [0, 0.05) is 18.2 Å². The van der Waals surface area contributed by atoms with E-state index in [0.717, 1.165) is 17.8 Å². The van der Waals surface area contributed by atoms with Gasteiger partial charge in [0.05, 0.1) is 5.69 Å². The Labute approximate surface area is 118 Å². The molecule has 1 aromatic heterocycles. The molecule has 0 amide bonds. The highest BCUT2D eigenvalue weighted by Gasteiger charge is 2.12. The molecule has 1 aliphatic rings. The van der Waals surface area contributed by atoms with E-state index in [1.807, 2.05) is 36.4 Å². The average molecular weight is 272 g/mol. The SMILES string of the molecule is Nn1nc(-c2ccccc2)cc1OCCN1CCCC1. The maximum atomic E-state index is 5.84. The molecule has 5 nitrogen and oxygen atoms in total. The Morgan fingerprint density at radius 1 is 1.15 bits per heavy atom.